The maximum Gasteiger partial charge on any atom is 0.248 e. The molecular formula is C20H21N5O3. The van der Waals surface area contributed by atoms with Gasteiger partial charge in [0.05, 0.1) is 0 Å². The van der Waals surface area contributed by atoms with Crippen LogP contribution >= 0.6 is 0 Å². The van der Waals surface area contributed by atoms with Gasteiger partial charge in [0.15, 0.2) is 11.5 Å². The summed E-state index contributed by atoms with van der Waals surface area (Å²) in [5, 5.41) is 11.4. The third-order valence-electron chi connectivity index (χ3n) is 4.74. The fraction of sp³-hybridized carbons (Fsp3) is 0.300. The first-order valence-corrected chi connectivity index (χ1v) is 9.18. The van der Waals surface area contributed by atoms with Crippen molar-refractivity contribution in [1.29, 1.82) is 0 Å². The molecular weight excluding hydrogens is 358 g/mol. The Morgan fingerprint density at radius 2 is 1.96 bits per heavy atom. The van der Waals surface area contributed by atoms with E-state index in [1.165, 1.54) is 11.0 Å². The van der Waals surface area contributed by atoms with Crippen LogP contribution in [0.1, 0.15) is 24.1 Å². The van der Waals surface area contributed by atoms with Crippen LogP contribution in [0.15, 0.2) is 54.9 Å². The molecule has 2 aromatic carbocycles. The van der Waals surface area contributed by atoms with Crippen molar-refractivity contribution >= 4 is 5.91 Å². The van der Waals surface area contributed by atoms with Crippen molar-refractivity contribution in [2.24, 2.45) is 0 Å². The van der Waals surface area contributed by atoms with Gasteiger partial charge >= 0.3 is 0 Å². The number of carbonyl (C=O) groups excluding carboxylic acids is 1. The molecule has 1 amide bonds. The van der Waals surface area contributed by atoms with E-state index < -0.39 is 6.04 Å². The molecule has 0 aliphatic carbocycles. The Morgan fingerprint density at radius 3 is 2.71 bits per heavy atom. The van der Waals surface area contributed by atoms with Crippen LogP contribution in [0.3, 0.4) is 0 Å². The maximum absolute atomic E-state index is 13.4. The summed E-state index contributed by atoms with van der Waals surface area (Å²) in [4.78, 5) is 15.2. The fourth-order valence-corrected chi connectivity index (χ4v) is 3.26. The van der Waals surface area contributed by atoms with Crippen LogP contribution in [0.2, 0.25) is 0 Å². The van der Waals surface area contributed by atoms with Crippen molar-refractivity contribution in [3.05, 3.63) is 66.0 Å². The van der Waals surface area contributed by atoms with Crippen LogP contribution in [0, 0.1) is 0 Å². The summed E-state index contributed by atoms with van der Waals surface area (Å²) in [5.41, 5.74) is 2.03. The number of likely N-dealkylation sites (N-methyl/N-ethyl adjacent to an activating group) is 1. The van der Waals surface area contributed by atoms with E-state index in [1.807, 2.05) is 55.5 Å². The Morgan fingerprint density at radius 1 is 1.14 bits per heavy atom. The molecule has 1 aliphatic heterocycles. The molecule has 1 unspecified atom stereocenters. The standard InChI is InChI=1S/C20H21N5O3/c1-2-24(12-16-8-9-18-19(11-16)28-14-27-18)20(26)17(25-13-21-22-23-25)10-15-6-4-3-5-7-15/h3-9,11,13,17H,2,10,12,14H2,1H3. The van der Waals surface area contributed by atoms with Gasteiger partial charge in [-0.1, -0.05) is 36.4 Å². The Balaban J connectivity index is 1.55. The number of tetrazole rings is 1. The second-order valence-corrected chi connectivity index (χ2v) is 6.54. The second kappa shape index (κ2) is 8.08. The summed E-state index contributed by atoms with van der Waals surface area (Å²) in [6, 6.07) is 15.1. The molecule has 0 saturated heterocycles. The summed E-state index contributed by atoms with van der Waals surface area (Å²) in [6.07, 6.45) is 2.00. The van der Waals surface area contributed by atoms with E-state index in [0.29, 0.717) is 25.3 Å². The van der Waals surface area contributed by atoms with Gasteiger partial charge in [0, 0.05) is 19.5 Å². The number of hydrogen-bond acceptors (Lipinski definition) is 6. The van der Waals surface area contributed by atoms with Gasteiger partial charge in [-0.2, -0.15) is 0 Å². The molecule has 0 N–H and O–H groups in total. The van der Waals surface area contributed by atoms with Crippen molar-refractivity contribution < 1.29 is 14.3 Å². The number of benzene rings is 2. The van der Waals surface area contributed by atoms with Crippen molar-refractivity contribution in [1.82, 2.24) is 25.1 Å². The van der Waals surface area contributed by atoms with E-state index in [1.54, 1.807) is 4.90 Å². The lowest BCUT2D eigenvalue weighted by molar-refractivity contribution is -0.135. The Bertz CT molecular complexity index is 930. The van der Waals surface area contributed by atoms with Gasteiger partial charge in [-0.15, -0.1) is 5.10 Å². The number of nitrogens with zero attached hydrogens (tertiary/aromatic N) is 5. The monoisotopic (exact) mass is 379 g/mol. The molecule has 0 radical (unpaired) electrons. The number of rotatable bonds is 7. The first-order chi connectivity index (χ1) is 13.7. The van der Waals surface area contributed by atoms with Crippen LogP contribution in [0.25, 0.3) is 0 Å². The van der Waals surface area contributed by atoms with Crippen molar-refractivity contribution in [2.45, 2.75) is 25.9 Å². The minimum atomic E-state index is -0.508. The van der Waals surface area contributed by atoms with Crippen LogP contribution in [-0.2, 0) is 17.8 Å². The van der Waals surface area contributed by atoms with Crippen molar-refractivity contribution in [2.75, 3.05) is 13.3 Å². The fourth-order valence-electron chi connectivity index (χ4n) is 3.26. The first-order valence-electron chi connectivity index (χ1n) is 9.18. The largest absolute Gasteiger partial charge is 0.454 e. The zero-order valence-electron chi connectivity index (χ0n) is 15.6. The highest BCUT2D eigenvalue weighted by molar-refractivity contribution is 5.80. The van der Waals surface area contributed by atoms with Gasteiger partial charge in [0.25, 0.3) is 0 Å². The average Bonchev–Trinajstić information content (AvgIpc) is 3.42. The number of fused-ring (bicyclic) bond motifs is 1. The van der Waals surface area contributed by atoms with Crippen LogP contribution in [0.4, 0.5) is 0 Å². The highest BCUT2D eigenvalue weighted by atomic mass is 16.7. The Hall–Kier alpha value is -3.42. The number of carbonyl (C=O) groups is 1. The van der Waals surface area contributed by atoms with E-state index in [0.717, 1.165) is 16.9 Å². The summed E-state index contributed by atoms with van der Waals surface area (Å²) in [6.45, 7) is 3.23. The Labute approximate surface area is 162 Å². The molecule has 8 heteroatoms. The van der Waals surface area contributed by atoms with Gasteiger partial charge < -0.3 is 14.4 Å². The maximum atomic E-state index is 13.4. The van der Waals surface area contributed by atoms with Gasteiger partial charge in [0.2, 0.25) is 12.7 Å². The van der Waals surface area contributed by atoms with E-state index in [4.69, 9.17) is 9.47 Å². The molecule has 0 bridgehead atoms. The van der Waals surface area contributed by atoms with E-state index in [9.17, 15) is 4.79 Å². The molecule has 144 valence electrons. The summed E-state index contributed by atoms with van der Waals surface area (Å²) in [5.74, 6) is 1.41. The van der Waals surface area contributed by atoms with Gasteiger partial charge in [0.1, 0.15) is 12.4 Å². The third kappa shape index (κ3) is 3.80. The lowest BCUT2D eigenvalue weighted by Gasteiger charge is -2.26. The number of hydrogen-bond donors (Lipinski definition) is 0. The van der Waals surface area contributed by atoms with Gasteiger partial charge in [-0.3, -0.25) is 4.79 Å². The first kappa shape index (κ1) is 18.0. The zero-order chi connectivity index (χ0) is 19.3. The second-order valence-electron chi connectivity index (χ2n) is 6.54. The summed E-state index contributed by atoms with van der Waals surface area (Å²) >= 11 is 0. The molecule has 1 aliphatic rings. The normalized spacial score (nSPS) is 13.3. The van der Waals surface area contributed by atoms with Gasteiger partial charge in [-0.25, -0.2) is 4.68 Å². The molecule has 4 rings (SSSR count). The van der Waals surface area contributed by atoms with Crippen LogP contribution in [0.5, 0.6) is 11.5 Å². The average molecular weight is 379 g/mol. The molecule has 2 heterocycles. The highest BCUT2D eigenvalue weighted by Gasteiger charge is 2.27. The SMILES string of the molecule is CCN(Cc1ccc2c(c1)OCO2)C(=O)C(Cc1ccccc1)n1cnnn1. The lowest BCUT2D eigenvalue weighted by atomic mass is 10.0. The number of ether oxygens (including phenoxy) is 2. The predicted octanol–water partition coefficient (Wildman–Crippen LogP) is 2.23. The van der Waals surface area contributed by atoms with E-state index >= 15 is 0 Å². The van der Waals surface area contributed by atoms with Gasteiger partial charge in [-0.05, 0) is 40.6 Å². The zero-order valence-corrected chi connectivity index (χ0v) is 15.6. The summed E-state index contributed by atoms with van der Waals surface area (Å²) < 4.78 is 12.3. The van der Waals surface area contributed by atoms with Crippen molar-refractivity contribution in [3.8, 4) is 11.5 Å². The molecule has 28 heavy (non-hydrogen) atoms. The molecule has 0 saturated carbocycles. The minimum Gasteiger partial charge on any atom is -0.454 e. The molecule has 1 atom stereocenters. The number of amides is 1. The van der Waals surface area contributed by atoms with Crippen molar-refractivity contribution in [3.63, 3.8) is 0 Å². The smallest absolute Gasteiger partial charge is 0.248 e. The van der Waals surface area contributed by atoms with E-state index in [2.05, 4.69) is 15.5 Å². The minimum absolute atomic E-state index is 0.0312. The topological polar surface area (TPSA) is 82.4 Å². The Kier molecular flexibility index (Phi) is 5.18. The quantitative estimate of drug-likeness (QED) is 0.626. The summed E-state index contributed by atoms with van der Waals surface area (Å²) in [7, 11) is 0. The molecule has 3 aromatic rings. The predicted molar refractivity (Wildman–Crippen MR) is 101 cm³/mol. The molecule has 1 aromatic heterocycles. The molecule has 8 nitrogen and oxygen atoms in total. The number of aromatic nitrogens is 4. The molecule has 0 spiro atoms. The highest BCUT2D eigenvalue weighted by Crippen LogP contribution is 2.33. The third-order valence-corrected chi connectivity index (χ3v) is 4.74. The van der Waals surface area contributed by atoms with Crippen LogP contribution in [-0.4, -0.2) is 44.4 Å². The lowest BCUT2D eigenvalue weighted by Crippen LogP contribution is -2.38. The van der Waals surface area contributed by atoms with Crippen LogP contribution < -0.4 is 9.47 Å². The molecule has 0 fully saturated rings. The van der Waals surface area contributed by atoms with E-state index in [-0.39, 0.29) is 12.7 Å².